The standard InChI is InChI=1S/C18H34O3Si/c1-9-11-16(21-22(7,8)18(4,5)6)14(2)12-10-13-15(3)17(19)20/h9,11,13-14,16H,10,12H2,1-8H3,(H,19,20)/b11-9+,15-13+/t14-,16+/m0/s1. The number of aliphatic carboxylic acids is 1. The van der Waals surface area contributed by atoms with Gasteiger partial charge >= 0.3 is 5.97 Å². The Morgan fingerprint density at radius 2 is 1.86 bits per heavy atom. The van der Waals surface area contributed by atoms with Gasteiger partial charge in [-0.15, -0.1) is 0 Å². The zero-order valence-corrected chi connectivity index (χ0v) is 16.6. The van der Waals surface area contributed by atoms with Gasteiger partial charge in [0.1, 0.15) is 0 Å². The van der Waals surface area contributed by atoms with Gasteiger partial charge in [-0.05, 0) is 50.7 Å². The summed E-state index contributed by atoms with van der Waals surface area (Å²) in [6.45, 7) is 17.1. The molecule has 0 radical (unpaired) electrons. The molecule has 22 heavy (non-hydrogen) atoms. The molecule has 0 saturated carbocycles. The molecule has 0 spiro atoms. The zero-order chi connectivity index (χ0) is 17.6. The van der Waals surface area contributed by atoms with Crippen molar-refractivity contribution in [2.75, 3.05) is 0 Å². The first-order valence-corrected chi connectivity index (χ1v) is 11.0. The molecular formula is C18H34O3Si. The second kappa shape index (κ2) is 8.68. The van der Waals surface area contributed by atoms with Crippen LogP contribution >= 0.6 is 0 Å². The molecule has 0 amide bonds. The molecule has 1 N–H and O–H groups in total. The Labute approximate surface area is 137 Å². The first-order valence-electron chi connectivity index (χ1n) is 8.13. The number of carboxylic acids is 1. The number of hydrogen-bond acceptors (Lipinski definition) is 2. The van der Waals surface area contributed by atoms with E-state index in [1.165, 1.54) is 0 Å². The summed E-state index contributed by atoms with van der Waals surface area (Å²) in [6, 6.07) is 0. The first-order chi connectivity index (χ1) is 9.92. The molecule has 0 fully saturated rings. The third kappa shape index (κ3) is 6.92. The number of rotatable bonds is 8. The topological polar surface area (TPSA) is 46.5 Å². The Morgan fingerprint density at radius 3 is 2.27 bits per heavy atom. The maximum absolute atomic E-state index is 10.8. The van der Waals surface area contributed by atoms with Crippen LogP contribution in [0.4, 0.5) is 0 Å². The first kappa shape index (κ1) is 21.1. The van der Waals surface area contributed by atoms with Gasteiger partial charge in [-0.2, -0.15) is 0 Å². The molecule has 0 saturated heterocycles. The lowest BCUT2D eigenvalue weighted by molar-refractivity contribution is -0.132. The molecule has 0 aliphatic heterocycles. The molecule has 0 aromatic carbocycles. The van der Waals surface area contributed by atoms with Gasteiger partial charge in [-0.3, -0.25) is 0 Å². The normalized spacial score (nSPS) is 16.8. The molecule has 0 unspecified atom stereocenters. The Morgan fingerprint density at radius 1 is 1.32 bits per heavy atom. The second-order valence-electron chi connectivity index (χ2n) is 7.62. The highest BCUT2D eigenvalue weighted by Gasteiger charge is 2.39. The molecule has 0 aromatic rings. The molecular weight excluding hydrogens is 292 g/mol. The maximum Gasteiger partial charge on any atom is 0.330 e. The fourth-order valence-corrected chi connectivity index (χ4v) is 3.21. The summed E-state index contributed by atoms with van der Waals surface area (Å²) in [5.74, 6) is -0.474. The summed E-state index contributed by atoms with van der Waals surface area (Å²) in [4.78, 5) is 10.8. The lowest BCUT2D eigenvalue weighted by atomic mass is 9.98. The van der Waals surface area contributed by atoms with E-state index < -0.39 is 14.3 Å². The van der Waals surface area contributed by atoms with Crippen molar-refractivity contribution in [1.29, 1.82) is 0 Å². The highest BCUT2D eigenvalue weighted by atomic mass is 28.4. The molecule has 3 nitrogen and oxygen atoms in total. The van der Waals surface area contributed by atoms with E-state index >= 15 is 0 Å². The highest BCUT2D eigenvalue weighted by Crippen LogP contribution is 2.38. The number of carboxylic acid groups (broad SMARTS) is 1. The van der Waals surface area contributed by atoms with Crippen molar-refractivity contribution in [1.82, 2.24) is 0 Å². The van der Waals surface area contributed by atoms with Crippen molar-refractivity contribution in [3.05, 3.63) is 23.8 Å². The van der Waals surface area contributed by atoms with E-state index in [1.807, 2.05) is 13.0 Å². The predicted molar refractivity (Wildman–Crippen MR) is 96.7 cm³/mol. The lowest BCUT2D eigenvalue weighted by Crippen LogP contribution is -2.45. The van der Waals surface area contributed by atoms with Crippen LogP contribution in [0.5, 0.6) is 0 Å². The summed E-state index contributed by atoms with van der Waals surface area (Å²) in [5.41, 5.74) is 0.417. The van der Waals surface area contributed by atoms with Gasteiger partial charge < -0.3 is 9.53 Å². The Hall–Kier alpha value is -0.873. The molecule has 0 aliphatic carbocycles. The minimum absolute atomic E-state index is 0.101. The van der Waals surface area contributed by atoms with Crippen LogP contribution in [-0.4, -0.2) is 25.5 Å². The van der Waals surface area contributed by atoms with Crippen molar-refractivity contribution in [2.24, 2.45) is 5.92 Å². The number of hydrogen-bond donors (Lipinski definition) is 1. The summed E-state index contributed by atoms with van der Waals surface area (Å²) < 4.78 is 6.52. The van der Waals surface area contributed by atoms with Crippen LogP contribution in [-0.2, 0) is 9.22 Å². The van der Waals surface area contributed by atoms with E-state index in [9.17, 15) is 4.79 Å². The van der Waals surface area contributed by atoms with Crippen LogP contribution in [0, 0.1) is 5.92 Å². The predicted octanol–water partition coefficient (Wildman–Crippen LogP) is 5.40. The SMILES string of the molecule is C/C=C/[C@@H](O[Si](C)(C)C(C)(C)C)[C@@H](C)CC/C=C(\C)C(=O)O. The Balaban J connectivity index is 4.82. The van der Waals surface area contributed by atoms with Gasteiger partial charge in [-0.1, -0.05) is 45.9 Å². The number of allylic oxidation sites excluding steroid dienone is 2. The molecule has 4 heteroatoms. The molecule has 0 aliphatic rings. The summed E-state index contributed by atoms with van der Waals surface area (Å²) in [7, 11) is -1.81. The van der Waals surface area contributed by atoms with Crippen LogP contribution in [0.25, 0.3) is 0 Å². The Kier molecular flexibility index (Phi) is 8.33. The van der Waals surface area contributed by atoms with E-state index in [4.69, 9.17) is 9.53 Å². The highest BCUT2D eigenvalue weighted by molar-refractivity contribution is 6.74. The van der Waals surface area contributed by atoms with Crippen molar-refractivity contribution in [3.63, 3.8) is 0 Å². The van der Waals surface area contributed by atoms with E-state index in [2.05, 4.69) is 46.9 Å². The van der Waals surface area contributed by atoms with Crippen LogP contribution in [0.15, 0.2) is 23.8 Å². The van der Waals surface area contributed by atoms with Crippen LogP contribution < -0.4 is 0 Å². The van der Waals surface area contributed by atoms with E-state index in [0.29, 0.717) is 11.5 Å². The fourth-order valence-electron chi connectivity index (χ4n) is 1.87. The average molecular weight is 327 g/mol. The number of carbonyl (C=O) groups is 1. The van der Waals surface area contributed by atoms with Gasteiger partial charge in [0.25, 0.3) is 0 Å². The Bertz CT molecular complexity index is 417. The molecule has 0 aromatic heterocycles. The lowest BCUT2D eigenvalue weighted by Gasteiger charge is -2.40. The largest absolute Gasteiger partial charge is 0.478 e. The van der Waals surface area contributed by atoms with Crippen molar-refractivity contribution >= 4 is 14.3 Å². The van der Waals surface area contributed by atoms with E-state index in [1.54, 1.807) is 13.0 Å². The van der Waals surface area contributed by atoms with Gasteiger partial charge in [0, 0.05) is 5.57 Å². The second-order valence-corrected chi connectivity index (χ2v) is 12.4. The molecule has 128 valence electrons. The molecule has 2 atom stereocenters. The molecule has 0 rings (SSSR count). The minimum Gasteiger partial charge on any atom is -0.478 e. The molecule has 0 heterocycles. The van der Waals surface area contributed by atoms with Crippen molar-refractivity contribution in [2.45, 2.75) is 78.6 Å². The van der Waals surface area contributed by atoms with Gasteiger partial charge in [0.15, 0.2) is 8.32 Å². The van der Waals surface area contributed by atoms with Gasteiger partial charge in [-0.25, -0.2) is 4.79 Å². The molecule has 0 bridgehead atoms. The van der Waals surface area contributed by atoms with Crippen molar-refractivity contribution in [3.8, 4) is 0 Å². The minimum atomic E-state index is -1.81. The van der Waals surface area contributed by atoms with Crippen LogP contribution in [0.2, 0.25) is 18.1 Å². The summed E-state index contributed by atoms with van der Waals surface area (Å²) in [6.07, 6.45) is 7.79. The van der Waals surface area contributed by atoms with E-state index in [0.717, 1.165) is 12.8 Å². The van der Waals surface area contributed by atoms with Crippen LogP contribution in [0.1, 0.15) is 54.4 Å². The maximum atomic E-state index is 10.8. The quantitative estimate of drug-likeness (QED) is 0.369. The van der Waals surface area contributed by atoms with E-state index in [-0.39, 0.29) is 11.1 Å². The zero-order valence-electron chi connectivity index (χ0n) is 15.6. The average Bonchev–Trinajstić information content (AvgIpc) is 2.36. The monoisotopic (exact) mass is 326 g/mol. The third-order valence-corrected chi connectivity index (χ3v) is 9.06. The fraction of sp³-hybridized carbons (Fsp3) is 0.722. The summed E-state index contributed by atoms with van der Waals surface area (Å²) >= 11 is 0. The third-order valence-electron chi connectivity index (χ3n) is 4.59. The van der Waals surface area contributed by atoms with Crippen LogP contribution in [0.3, 0.4) is 0 Å². The van der Waals surface area contributed by atoms with Crippen molar-refractivity contribution < 1.29 is 14.3 Å². The van der Waals surface area contributed by atoms with Gasteiger partial charge in [0.2, 0.25) is 0 Å². The van der Waals surface area contributed by atoms with Gasteiger partial charge in [0.05, 0.1) is 6.10 Å². The smallest absolute Gasteiger partial charge is 0.330 e. The summed E-state index contributed by atoms with van der Waals surface area (Å²) in [5, 5.41) is 9.07.